The van der Waals surface area contributed by atoms with Crippen molar-refractivity contribution < 1.29 is 19.5 Å². The monoisotopic (exact) mass is 352 g/mol. The van der Waals surface area contributed by atoms with Crippen molar-refractivity contribution in [2.24, 2.45) is 0 Å². The molecule has 0 radical (unpaired) electrons. The molecule has 0 aromatic heterocycles. The third kappa shape index (κ3) is 3.59. The molecule has 6 heteroatoms. The highest BCUT2D eigenvalue weighted by Crippen LogP contribution is 2.30. The van der Waals surface area contributed by atoms with Crippen LogP contribution in [-0.4, -0.2) is 29.4 Å². The number of carbonyl (C=O) groups excluding carboxylic acids is 2. The number of aryl methyl sites for hydroxylation is 1. The van der Waals surface area contributed by atoms with Gasteiger partial charge < -0.3 is 15.3 Å². The summed E-state index contributed by atoms with van der Waals surface area (Å²) in [5.74, 6) is -1.32. The van der Waals surface area contributed by atoms with E-state index in [1.165, 1.54) is 12.1 Å². The Bertz CT molecular complexity index is 876. The standard InChI is InChI=1S/C20H20N2O4/c1-2-10-22-17-8-7-16(12-13(17)6-9-18(22)23)21-19(24)14-4-3-5-15(11-14)20(25)26/h3-5,7-8,11-12H,2,6,9-10H2,1H3,(H,21,24)(H,25,26). The number of anilines is 2. The Kier molecular flexibility index (Phi) is 5.02. The molecule has 2 aromatic carbocycles. The number of carboxylic acids is 1. The van der Waals surface area contributed by atoms with Crippen molar-refractivity contribution in [3.63, 3.8) is 0 Å². The molecule has 2 N–H and O–H groups in total. The number of aromatic carboxylic acids is 1. The number of hydrogen-bond acceptors (Lipinski definition) is 3. The van der Waals surface area contributed by atoms with E-state index < -0.39 is 5.97 Å². The molecule has 2 aromatic rings. The van der Waals surface area contributed by atoms with Gasteiger partial charge in [0.15, 0.2) is 0 Å². The second-order valence-corrected chi connectivity index (χ2v) is 6.23. The number of carboxylic acid groups (broad SMARTS) is 1. The molecule has 0 unspecified atom stereocenters. The molecule has 0 saturated heterocycles. The fourth-order valence-electron chi connectivity index (χ4n) is 3.10. The van der Waals surface area contributed by atoms with Crippen molar-refractivity contribution in [2.45, 2.75) is 26.2 Å². The lowest BCUT2D eigenvalue weighted by Crippen LogP contribution is -2.35. The quantitative estimate of drug-likeness (QED) is 0.864. The van der Waals surface area contributed by atoms with Gasteiger partial charge in [-0.15, -0.1) is 0 Å². The fourth-order valence-corrected chi connectivity index (χ4v) is 3.10. The Balaban J connectivity index is 1.81. The molecular weight excluding hydrogens is 332 g/mol. The van der Waals surface area contributed by atoms with Gasteiger partial charge in [-0.1, -0.05) is 13.0 Å². The SMILES string of the molecule is CCCN1C(=O)CCc2cc(NC(=O)c3cccc(C(=O)O)c3)ccc21. The fraction of sp³-hybridized carbons (Fsp3) is 0.250. The van der Waals surface area contributed by atoms with Gasteiger partial charge in [-0.25, -0.2) is 4.79 Å². The molecule has 0 saturated carbocycles. The molecule has 1 aliphatic heterocycles. The van der Waals surface area contributed by atoms with Crippen LogP contribution in [0, 0.1) is 0 Å². The van der Waals surface area contributed by atoms with Gasteiger partial charge in [0.1, 0.15) is 0 Å². The van der Waals surface area contributed by atoms with Crippen LogP contribution in [0.3, 0.4) is 0 Å². The normalized spacial score (nSPS) is 13.3. The highest BCUT2D eigenvalue weighted by molar-refractivity contribution is 6.06. The largest absolute Gasteiger partial charge is 0.478 e. The van der Waals surface area contributed by atoms with Gasteiger partial charge in [-0.3, -0.25) is 9.59 Å². The highest BCUT2D eigenvalue weighted by atomic mass is 16.4. The Labute approximate surface area is 151 Å². The van der Waals surface area contributed by atoms with Gasteiger partial charge in [-0.05, 0) is 54.8 Å². The second kappa shape index (κ2) is 7.39. The molecular formula is C20H20N2O4. The van der Waals surface area contributed by atoms with Crippen LogP contribution >= 0.6 is 0 Å². The zero-order valence-corrected chi connectivity index (χ0v) is 14.5. The molecule has 1 aliphatic rings. The molecule has 134 valence electrons. The molecule has 3 rings (SSSR count). The van der Waals surface area contributed by atoms with Crippen molar-refractivity contribution >= 4 is 29.2 Å². The lowest BCUT2D eigenvalue weighted by atomic mass is 10.00. The molecule has 6 nitrogen and oxygen atoms in total. The van der Waals surface area contributed by atoms with Gasteiger partial charge in [0, 0.05) is 29.9 Å². The zero-order valence-electron chi connectivity index (χ0n) is 14.5. The zero-order chi connectivity index (χ0) is 18.7. The summed E-state index contributed by atoms with van der Waals surface area (Å²) >= 11 is 0. The topological polar surface area (TPSA) is 86.7 Å². The Morgan fingerprint density at radius 1 is 1.12 bits per heavy atom. The third-order valence-electron chi connectivity index (χ3n) is 4.36. The molecule has 0 fully saturated rings. The molecule has 26 heavy (non-hydrogen) atoms. The van der Waals surface area contributed by atoms with Crippen LogP contribution in [-0.2, 0) is 11.2 Å². The number of hydrogen-bond donors (Lipinski definition) is 2. The number of nitrogens with zero attached hydrogens (tertiary/aromatic N) is 1. The number of fused-ring (bicyclic) bond motifs is 1. The van der Waals surface area contributed by atoms with Crippen LogP contribution in [0.4, 0.5) is 11.4 Å². The highest BCUT2D eigenvalue weighted by Gasteiger charge is 2.23. The van der Waals surface area contributed by atoms with Crippen molar-refractivity contribution in [1.29, 1.82) is 0 Å². The van der Waals surface area contributed by atoms with Crippen molar-refractivity contribution in [3.8, 4) is 0 Å². The number of carbonyl (C=O) groups is 3. The van der Waals surface area contributed by atoms with E-state index in [0.717, 1.165) is 17.7 Å². The first kappa shape index (κ1) is 17.7. The summed E-state index contributed by atoms with van der Waals surface area (Å²) in [7, 11) is 0. The van der Waals surface area contributed by atoms with Gasteiger partial charge in [0.05, 0.1) is 5.56 Å². The molecule has 0 atom stereocenters. The number of amides is 2. The van der Waals surface area contributed by atoms with Crippen molar-refractivity contribution in [2.75, 3.05) is 16.8 Å². The molecule has 0 aliphatic carbocycles. The second-order valence-electron chi connectivity index (χ2n) is 6.23. The lowest BCUT2D eigenvalue weighted by molar-refractivity contribution is -0.118. The van der Waals surface area contributed by atoms with Crippen LogP contribution in [0.1, 0.15) is 46.0 Å². The first-order chi connectivity index (χ1) is 12.5. The summed E-state index contributed by atoms with van der Waals surface area (Å²) < 4.78 is 0. The summed E-state index contributed by atoms with van der Waals surface area (Å²) in [6, 6.07) is 11.4. The summed E-state index contributed by atoms with van der Waals surface area (Å²) in [5, 5.41) is 11.8. The van der Waals surface area contributed by atoms with Gasteiger partial charge in [0.2, 0.25) is 5.91 Å². The minimum absolute atomic E-state index is 0.0665. The van der Waals surface area contributed by atoms with E-state index in [1.807, 2.05) is 19.1 Å². The summed E-state index contributed by atoms with van der Waals surface area (Å²) in [5.41, 5.74) is 2.90. The lowest BCUT2D eigenvalue weighted by Gasteiger charge is -2.29. The Morgan fingerprint density at radius 3 is 2.62 bits per heavy atom. The molecule has 2 amide bonds. The van der Waals surface area contributed by atoms with E-state index in [2.05, 4.69) is 5.32 Å². The smallest absolute Gasteiger partial charge is 0.335 e. The summed E-state index contributed by atoms with van der Waals surface area (Å²) in [6.45, 7) is 2.71. The van der Waals surface area contributed by atoms with Crippen LogP contribution in [0.2, 0.25) is 0 Å². The van der Waals surface area contributed by atoms with Gasteiger partial charge in [-0.2, -0.15) is 0 Å². The van der Waals surface area contributed by atoms with Crippen LogP contribution in [0.15, 0.2) is 42.5 Å². The van der Waals surface area contributed by atoms with E-state index in [-0.39, 0.29) is 22.9 Å². The van der Waals surface area contributed by atoms with E-state index >= 15 is 0 Å². The summed E-state index contributed by atoms with van der Waals surface area (Å²) in [6.07, 6.45) is 1.99. The van der Waals surface area contributed by atoms with E-state index in [4.69, 9.17) is 5.11 Å². The minimum atomic E-state index is -1.07. The van der Waals surface area contributed by atoms with E-state index in [0.29, 0.717) is 25.1 Å². The maximum atomic E-state index is 12.4. The van der Waals surface area contributed by atoms with E-state index in [9.17, 15) is 14.4 Å². The van der Waals surface area contributed by atoms with E-state index in [1.54, 1.807) is 23.1 Å². The van der Waals surface area contributed by atoms with Crippen LogP contribution in [0.5, 0.6) is 0 Å². The molecule has 1 heterocycles. The molecule has 0 spiro atoms. The van der Waals surface area contributed by atoms with Crippen molar-refractivity contribution in [1.82, 2.24) is 0 Å². The van der Waals surface area contributed by atoms with Gasteiger partial charge >= 0.3 is 5.97 Å². The first-order valence-electron chi connectivity index (χ1n) is 8.57. The minimum Gasteiger partial charge on any atom is -0.478 e. The van der Waals surface area contributed by atoms with Crippen molar-refractivity contribution in [3.05, 3.63) is 59.2 Å². The number of nitrogens with one attached hydrogen (secondary N) is 1. The maximum Gasteiger partial charge on any atom is 0.335 e. The first-order valence-corrected chi connectivity index (χ1v) is 8.57. The average molecular weight is 352 g/mol. The summed E-state index contributed by atoms with van der Waals surface area (Å²) in [4.78, 5) is 37.3. The Hall–Kier alpha value is -3.15. The predicted molar refractivity (Wildman–Crippen MR) is 98.8 cm³/mol. The number of rotatable bonds is 5. The average Bonchev–Trinajstić information content (AvgIpc) is 2.64. The Morgan fingerprint density at radius 2 is 1.88 bits per heavy atom. The number of benzene rings is 2. The molecule has 0 bridgehead atoms. The van der Waals surface area contributed by atoms with Gasteiger partial charge in [0.25, 0.3) is 5.91 Å². The third-order valence-corrected chi connectivity index (χ3v) is 4.36. The maximum absolute atomic E-state index is 12.4. The predicted octanol–water partition coefficient (Wildman–Crippen LogP) is 3.33. The van der Waals surface area contributed by atoms with Crippen LogP contribution in [0.25, 0.3) is 0 Å². The van der Waals surface area contributed by atoms with Crippen LogP contribution < -0.4 is 10.2 Å².